The first-order valence-electron chi connectivity index (χ1n) is 6.10. The molecule has 0 saturated carbocycles. The molecule has 1 heterocycles. The Hall–Kier alpha value is -2.64. The van der Waals surface area contributed by atoms with Gasteiger partial charge in [0.25, 0.3) is 5.91 Å². The zero-order valence-electron chi connectivity index (χ0n) is 11.5. The number of amides is 1. The third kappa shape index (κ3) is 3.51. The van der Waals surface area contributed by atoms with Crippen LogP contribution in [0.25, 0.3) is 0 Å². The van der Waals surface area contributed by atoms with Gasteiger partial charge in [0.2, 0.25) is 0 Å². The van der Waals surface area contributed by atoms with Crippen molar-refractivity contribution in [2.24, 2.45) is 0 Å². The number of esters is 1. The monoisotopic (exact) mass is 321 g/mol. The van der Waals surface area contributed by atoms with E-state index in [9.17, 15) is 9.59 Å². The number of carbonyl (C=O) groups excluding carboxylic acids is 2. The van der Waals surface area contributed by atoms with Crippen molar-refractivity contribution in [3.05, 3.63) is 52.7 Å². The molecule has 22 heavy (non-hydrogen) atoms. The molecule has 8 heteroatoms. The number of pyridine rings is 1. The predicted octanol–water partition coefficient (Wildman–Crippen LogP) is 2.57. The van der Waals surface area contributed by atoms with E-state index in [4.69, 9.17) is 16.8 Å². The first-order chi connectivity index (χ1) is 10.5. The lowest BCUT2D eigenvalue weighted by atomic mass is 10.1. The number of halogens is 1. The predicted molar refractivity (Wildman–Crippen MR) is 80.4 cm³/mol. The minimum atomic E-state index is -0.581. The van der Waals surface area contributed by atoms with E-state index in [1.54, 1.807) is 6.07 Å². The molecule has 3 N–H and O–H groups in total. The average molecular weight is 322 g/mol. The van der Waals surface area contributed by atoms with Crippen molar-refractivity contribution < 1.29 is 19.5 Å². The number of ether oxygens (including phenoxy) is 1. The molecule has 2 rings (SSSR count). The fraction of sp³-hybridized carbons (Fsp3) is 0.0714. The van der Waals surface area contributed by atoms with Crippen LogP contribution in [0.4, 0.5) is 11.5 Å². The molecule has 0 saturated heterocycles. The zero-order chi connectivity index (χ0) is 16.1. The van der Waals surface area contributed by atoms with Gasteiger partial charge in [-0.3, -0.25) is 15.5 Å². The van der Waals surface area contributed by atoms with Crippen molar-refractivity contribution >= 4 is 35.0 Å². The lowest BCUT2D eigenvalue weighted by Gasteiger charge is -2.10. The van der Waals surface area contributed by atoms with E-state index < -0.39 is 11.9 Å². The van der Waals surface area contributed by atoms with Crippen LogP contribution in [-0.2, 0) is 4.74 Å². The highest BCUT2D eigenvalue weighted by Crippen LogP contribution is 2.19. The number of hydrogen-bond acceptors (Lipinski definition) is 6. The van der Waals surface area contributed by atoms with Crippen LogP contribution in [0.15, 0.2) is 36.5 Å². The Morgan fingerprint density at radius 3 is 2.64 bits per heavy atom. The minimum absolute atomic E-state index is 0.0642. The molecule has 0 aliphatic carbocycles. The van der Waals surface area contributed by atoms with E-state index in [-0.39, 0.29) is 16.8 Å². The molecule has 2 aromatic rings. The lowest BCUT2D eigenvalue weighted by Crippen LogP contribution is -2.15. The van der Waals surface area contributed by atoms with Gasteiger partial charge in [-0.15, -0.1) is 0 Å². The van der Waals surface area contributed by atoms with Gasteiger partial charge in [-0.05, 0) is 30.3 Å². The molecule has 0 aliphatic heterocycles. The molecule has 0 unspecified atom stereocenters. The summed E-state index contributed by atoms with van der Waals surface area (Å²) in [4.78, 5) is 27.5. The Labute approximate surface area is 130 Å². The van der Waals surface area contributed by atoms with E-state index in [2.05, 4.69) is 15.0 Å². The van der Waals surface area contributed by atoms with Crippen LogP contribution in [-0.4, -0.2) is 29.2 Å². The third-order valence-corrected chi connectivity index (χ3v) is 3.00. The van der Waals surface area contributed by atoms with Gasteiger partial charge < -0.3 is 10.1 Å². The van der Waals surface area contributed by atoms with Crippen LogP contribution < -0.4 is 10.8 Å². The molecule has 1 aromatic carbocycles. The van der Waals surface area contributed by atoms with Crippen molar-refractivity contribution in [3.8, 4) is 0 Å². The van der Waals surface area contributed by atoms with Gasteiger partial charge in [0.05, 0.1) is 28.9 Å². The van der Waals surface area contributed by atoms with Crippen LogP contribution in [0.1, 0.15) is 20.7 Å². The second-order valence-electron chi connectivity index (χ2n) is 4.18. The number of anilines is 2. The fourth-order valence-corrected chi connectivity index (χ4v) is 1.82. The Morgan fingerprint density at radius 1 is 1.27 bits per heavy atom. The molecule has 0 fully saturated rings. The highest BCUT2D eigenvalue weighted by atomic mass is 35.5. The van der Waals surface area contributed by atoms with Crippen molar-refractivity contribution in [1.29, 1.82) is 0 Å². The SMILES string of the molecule is COC(=O)c1ccc(C(=O)Nc2ccc(Cl)cn2)c(NO)c1. The van der Waals surface area contributed by atoms with Gasteiger partial charge >= 0.3 is 5.97 Å². The van der Waals surface area contributed by atoms with E-state index in [0.29, 0.717) is 10.8 Å². The topological polar surface area (TPSA) is 101 Å². The highest BCUT2D eigenvalue weighted by molar-refractivity contribution is 6.30. The van der Waals surface area contributed by atoms with Crippen LogP contribution in [0, 0.1) is 0 Å². The first kappa shape index (κ1) is 15.7. The van der Waals surface area contributed by atoms with Gasteiger partial charge in [-0.25, -0.2) is 9.78 Å². The molecule has 1 aromatic heterocycles. The summed E-state index contributed by atoms with van der Waals surface area (Å²) in [6.07, 6.45) is 1.39. The number of rotatable bonds is 4. The van der Waals surface area contributed by atoms with Gasteiger partial charge in [0.15, 0.2) is 0 Å². The zero-order valence-corrected chi connectivity index (χ0v) is 12.2. The maximum atomic E-state index is 12.2. The van der Waals surface area contributed by atoms with Crippen molar-refractivity contribution in [2.45, 2.75) is 0 Å². The summed E-state index contributed by atoms with van der Waals surface area (Å²) >= 11 is 5.71. The second kappa shape index (κ2) is 6.88. The number of nitrogens with zero attached hydrogens (tertiary/aromatic N) is 1. The molecule has 0 radical (unpaired) electrons. The van der Waals surface area contributed by atoms with Crippen LogP contribution >= 0.6 is 11.6 Å². The molecular weight excluding hydrogens is 310 g/mol. The van der Waals surface area contributed by atoms with Gasteiger partial charge in [-0.1, -0.05) is 11.6 Å². The molecule has 7 nitrogen and oxygen atoms in total. The van der Waals surface area contributed by atoms with Crippen molar-refractivity contribution in [3.63, 3.8) is 0 Å². The van der Waals surface area contributed by atoms with Gasteiger partial charge in [-0.2, -0.15) is 0 Å². The number of hydrogen-bond donors (Lipinski definition) is 3. The van der Waals surface area contributed by atoms with E-state index in [1.165, 1.54) is 37.6 Å². The average Bonchev–Trinajstić information content (AvgIpc) is 2.55. The number of nitrogens with one attached hydrogen (secondary N) is 2. The highest BCUT2D eigenvalue weighted by Gasteiger charge is 2.15. The lowest BCUT2D eigenvalue weighted by molar-refractivity contribution is 0.0600. The minimum Gasteiger partial charge on any atom is -0.465 e. The Bertz CT molecular complexity index is 704. The Kier molecular flexibility index (Phi) is 4.92. The molecule has 114 valence electrons. The smallest absolute Gasteiger partial charge is 0.337 e. The van der Waals surface area contributed by atoms with E-state index in [0.717, 1.165) is 0 Å². The third-order valence-electron chi connectivity index (χ3n) is 2.77. The van der Waals surface area contributed by atoms with Crippen LogP contribution in [0.3, 0.4) is 0 Å². The molecular formula is C14H12ClN3O4. The van der Waals surface area contributed by atoms with Crippen LogP contribution in [0.5, 0.6) is 0 Å². The maximum Gasteiger partial charge on any atom is 0.337 e. The second-order valence-corrected chi connectivity index (χ2v) is 4.62. The van der Waals surface area contributed by atoms with E-state index >= 15 is 0 Å². The van der Waals surface area contributed by atoms with Crippen molar-refractivity contribution in [2.75, 3.05) is 17.9 Å². The molecule has 0 spiro atoms. The maximum absolute atomic E-state index is 12.2. The molecule has 0 aliphatic rings. The fourth-order valence-electron chi connectivity index (χ4n) is 1.71. The normalized spacial score (nSPS) is 9.95. The summed E-state index contributed by atoms with van der Waals surface area (Å²) in [5.41, 5.74) is 2.27. The summed E-state index contributed by atoms with van der Waals surface area (Å²) in [5, 5.41) is 12.1. The molecule has 0 atom stereocenters. The number of aromatic nitrogens is 1. The van der Waals surface area contributed by atoms with Crippen molar-refractivity contribution in [1.82, 2.24) is 4.98 Å². The van der Waals surface area contributed by atoms with Crippen LogP contribution in [0.2, 0.25) is 5.02 Å². The summed E-state index contributed by atoms with van der Waals surface area (Å²) in [5.74, 6) is -0.791. The largest absolute Gasteiger partial charge is 0.465 e. The standard InChI is InChI=1S/C14H12ClN3O4/c1-22-14(20)8-2-4-10(11(6-8)18-21)13(19)17-12-5-3-9(15)7-16-12/h2-7,18,21H,1H3,(H,16,17,19). The molecule has 0 bridgehead atoms. The Morgan fingerprint density at radius 2 is 2.05 bits per heavy atom. The van der Waals surface area contributed by atoms with Gasteiger partial charge in [0.1, 0.15) is 5.82 Å². The number of methoxy groups -OCH3 is 1. The summed E-state index contributed by atoms with van der Waals surface area (Å²) < 4.78 is 4.57. The number of benzene rings is 1. The Balaban J connectivity index is 2.25. The van der Waals surface area contributed by atoms with Gasteiger partial charge in [0, 0.05) is 6.20 Å². The molecule has 1 amide bonds. The quantitative estimate of drug-likeness (QED) is 0.591. The van der Waals surface area contributed by atoms with E-state index in [1.807, 2.05) is 5.48 Å². The summed E-state index contributed by atoms with van der Waals surface area (Å²) in [6.45, 7) is 0. The first-order valence-corrected chi connectivity index (χ1v) is 6.48. The summed E-state index contributed by atoms with van der Waals surface area (Å²) in [6, 6.07) is 7.22. The summed E-state index contributed by atoms with van der Waals surface area (Å²) in [7, 11) is 1.24. The number of carbonyl (C=O) groups is 2.